The summed E-state index contributed by atoms with van der Waals surface area (Å²) in [6, 6.07) is 8.79. The van der Waals surface area contributed by atoms with E-state index in [4.69, 9.17) is 4.74 Å². The minimum atomic E-state index is -0.444. The molecule has 1 N–H and O–H groups in total. The van der Waals surface area contributed by atoms with E-state index in [2.05, 4.69) is 23.5 Å². The van der Waals surface area contributed by atoms with E-state index in [1.807, 2.05) is 31.7 Å². The van der Waals surface area contributed by atoms with Gasteiger partial charge < -0.3 is 10.1 Å². The number of hydrogen-bond donors (Lipinski definition) is 1. The van der Waals surface area contributed by atoms with Crippen LogP contribution in [0.15, 0.2) is 24.3 Å². The van der Waals surface area contributed by atoms with Crippen molar-refractivity contribution in [2.45, 2.75) is 45.0 Å². The third-order valence-electron chi connectivity index (χ3n) is 3.69. The van der Waals surface area contributed by atoms with Crippen molar-refractivity contribution in [1.29, 1.82) is 0 Å². The van der Waals surface area contributed by atoms with Gasteiger partial charge in [-0.15, -0.1) is 0 Å². The van der Waals surface area contributed by atoms with Gasteiger partial charge >= 0.3 is 6.09 Å². The molecule has 19 heavy (non-hydrogen) atoms. The van der Waals surface area contributed by atoms with E-state index in [-0.39, 0.29) is 18.2 Å². The Hall–Kier alpha value is -1.55. The van der Waals surface area contributed by atoms with Crippen molar-refractivity contribution in [2.75, 3.05) is 6.54 Å². The van der Waals surface area contributed by atoms with E-state index in [0.29, 0.717) is 6.54 Å². The molecule has 1 aromatic carbocycles. The van der Waals surface area contributed by atoms with E-state index in [0.717, 1.165) is 6.54 Å². The zero-order valence-electron chi connectivity index (χ0n) is 11.6. The number of nitrogens with zero attached hydrogens (tertiary/aromatic N) is 1. The highest BCUT2D eigenvalue weighted by Crippen LogP contribution is 2.36. The van der Waals surface area contributed by atoms with Crippen molar-refractivity contribution < 1.29 is 9.53 Å². The molecule has 2 aliphatic rings. The molecule has 3 rings (SSSR count). The Bertz CT molecular complexity index is 507. The second kappa shape index (κ2) is 4.23. The van der Waals surface area contributed by atoms with Gasteiger partial charge in [0.05, 0.1) is 12.1 Å². The summed E-state index contributed by atoms with van der Waals surface area (Å²) in [5.74, 6) is 0. The van der Waals surface area contributed by atoms with Crippen LogP contribution in [0.2, 0.25) is 0 Å². The number of fused-ring (bicyclic) bond motifs is 3. The minimum Gasteiger partial charge on any atom is -0.444 e. The summed E-state index contributed by atoms with van der Waals surface area (Å²) >= 11 is 0. The van der Waals surface area contributed by atoms with Crippen molar-refractivity contribution >= 4 is 6.09 Å². The zero-order valence-corrected chi connectivity index (χ0v) is 11.6. The number of amides is 1. The predicted molar refractivity (Wildman–Crippen MR) is 72.8 cm³/mol. The molecule has 2 unspecified atom stereocenters. The summed E-state index contributed by atoms with van der Waals surface area (Å²) in [4.78, 5) is 14.1. The molecule has 1 amide bonds. The average molecular weight is 260 g/mol. The summed E-state index contributed by atoms with van der Waals surface area (Å²) in [5, 5.41) is 3.40. The third kappa shape index (κ3) is 2.21. The molecule has 4 heteroatoms. The Balaban J connectivity index is 1.84. The standard InChI is InChI=1S/C15H20N2O2/c1-15(2,3)19-14(18)17-9-10-6-4-5-7-11(10)13-12(17)8-16-13/h4-7,12-13,16H,8-9H2,1-3H3. The van der Waals surface area contributed by atoms with Gasteiger partial charge in [0, 0.05) is 13.1 Å². The highest BCUT2D eigenvalue weighted by atomic mass is 16.6. The SMILES string of the molecule is CC(C)(C)OC(=O)N1Cc2ccccc2C2NCC21. The van der Waals surface area contributed by atoms with Crippen LogP contribution in [-0.2, 0) is 11.3 Å². The number of nitrogens with one attached hydrogen (secondary N) is 1. The maximum absolute atomic E-state index is 12.3. The van der Waals surface area contributed by atoms with Crippen molar-refractivity contribution in [3.8, 4) is 0 Å². The first kappa shape index (κ1) is 12.5. The van der Waals surface area contributed by atoms with Gasteiger partial charge in [0.2, 0.25) is 0 Å². The maximum Gasteiger partial charge on any atom is 0.410 e. The topological polar surface area (TPSA) is 41.6 Å². The second-order valence-electron chi connectivity index (χ2n) is 6.26. The first-order valence-corrected chi connectivity index (χ1v) is 6.76. The molecule has 2 aliphatic heterocycles. The van der Waals surface area contributed by atoms with Crippen LogP contribution >= 0.6 is 0 Å². The number of carbonyl (C=O) groups excluding carboxylic acids is 1. The van der Waals surface area contributed by atoms with Crippen LogP contribution in [0.1, 0.15) is 37.9 Å². The number of rotatable bonds is 0. The van der Waals surface area contributed by atoms with Gasteiger partial charge in [-0.2, -0.15) is 0 Å². The quantitative estimate of drug-likeness (QED) is 0.779. The Morgan fingerprint density at radius 3 is 2.74 bits per heavy atom. The Kier molecular flexibility index (Phi) is 2.78. The molecule has 1 saturated heterocycles. The molecule has 2 atom stereocenters. The van der Waals surface area contributed by atoms with Crippen molar-refractivity contribution in [1.82, 2.24) is 10.2 Å². The predicted octanol–water partition coefficient (Wildman–Crippen LogP) is 2.45. The molecule has 0 aliphatic carbocycles. The molecule has 0 radical (unpaired) electrons. The molecular weight excluding hydrogens is 240 g/mol. The minimum absolute atomic E-state index is 0.210. The van der Waals surface area contributed by atoms with Crippen molar-refractivity contribution in [2.24, 2.45) is 0 Å². The highest BCUT2D eigenvalue weighted by Gasteiger charge is 2.44. The fourth-order valence-corrected chi connectivity index (χ4v) is 2.75. The van der Waals surface area contributed by atoms with E-state index < -0.39 is 5.60 Å². The summed E-state index contributed by atoms with van der Waals surface area (Å²) in [6.07, 6.45) is -0.210. The van der Waals surface area contributed by atoms with Crippen LogP contribution in [0.5, 0.6) is 0 Å². The molecule has 1 aromatic rings. The van der Waals surface area contributed by atoms with Crippen LogP contribution in [0.3, 0.4) is 0 Å². The van der Waals surface area contributed by atoms with Crippen LogP contribution in [0, 0.1) is 0 Å². The molecule has 1 fully saturated rings. The molecule has 0 bridgehead atoms. The van der Waals surface area contributed by atoms with Crippen molar-refractivity contribution in [3.63, 3.8) is 0 Å². The summed E-state index contributed by atoms with van der Waals surface area (Å²) in [6.45, 7) is 7.20. The normalized spacial score (nSPS) is 25.1. The average Bonchev–Trinajstić information content (AvgIpc) is 2.26. The lowest BCUT2D eigenvalue weighted by Gasteiger charge is -2.49. The molecule has 0 saturated carbocycles. The molecule has 0 spiro atoms. The van der Waals surface area contributed by atoms with Gasteiger partial charge in [0.25, 0.3) is 0 Å². The number of ether oxygens (including phenoxy) is 1. The van der Waals surface area contributed by atoms with E-state index in [1.165, 1.54) is 11.1 Å². The maximum atomic E-state index is 12.3. The Morgan fingerprint density at radius 1 is 1.37 bits per heavy atom. The number of benzene rings is 1. The summed E-state index contributed by atoms with van der Waals surface area (Å²) in [5.41, 5.74) is 2.08. The molecule has 2 heterocycles. The molecule has 102 valence electrons. The lowest BCUT2D eigenvalue weighted by molar-refractivity contribution is -0.00547. The summed E-state index contributed by atoms with van der Waals surface area (Å²) in [7, 11) is 0. The van der Waals surface area contributed by atoms with Crippen LogP contribution in [0.25, 0.3) is 0 Å². The van der Waals surface area contributed by atoms with E-state index in [9.17, 15) is 4.79 Å². The Labute approximate surface area is 113 Å². The molecule has 4 nitrogen and oxygen atoms in total. The van der Waals surface area contributed by atoms with Gasteiger partial charge in [0.15, 0.2) is 0 Å². The van der Waals surface area contributed by atoms with Crippen LogP contribution in [-0.4, -0.2) is 29.2 Å². The fourth-order valence-electron chi connectivity index (χ4n) is 2.75. The monoisotopic (exact) mass is 260 g/mol. The smallest absolute Gasteiger partial charge is 0.410 e. The van der Waals surface area contributed by atoms with E-state index in [1.54, 1.807) is 0 Å². The zero-order chi connectivity index (χ0) is 13.6. The molecular formula is C15H20N2O2. The fraction of sp³-hybridized carbons (Fsp3) is 0.533. The number of carbonyl (C=O) groups is 1. The highest BCUT2D eigenvalue weighted by molar-refractivity contribution is 5.70. The van der Waals surface area contributed by atoms with Crippen LogP contribution in [0.4, 0.5) is 4.79 Å². The number of hydrogen-bond acceptors (Lipinski definition) is 3. The first-order chi connectivity index (χ1) is 8.96. The lowest BCUT2D eigenvalue weighted by atomic mass is 9.84. The van der Waals surface area contributed by atoms with Gasteiger partial charge in [0.1, 0.15) is 5.60 Å². The van der Waals surface area contributed by atoms with Gasteiger partial charge in [-0.05, 0) is 31.9 Å². The van der Waals surface area contributed by atoms with Gasteiger partial charge in [-0.1, -0.05) is 24.3 Å². The second-order valence-corrected chi connectivity index (χ2v) is 6.26. The largest absolute Gasteiger partial charge is 0.444 e. The Morgan fingerprint density at radius 2 is 2.11 bits per heavy atom. The third-order valence-corrected chi connectivity index (χ3v) is 3.69. The van der Waals surface area contributed by atoms with Crippen LogP contribution < -0.4 is 5.32 Å². The molecule has 0 aromatic heterocycles. The van der Waals surface area contributed by atoms with E-state index >= 15 is 0 Å². The van der Waals surface area contributed by atoms with Gasteiger partial charge in [-0.25, -0.2) is 4.79 Å². The van der Waals surface area contributed by atoms with Gasteiger partial charge in [-0.3, -0.25) is 4.90 Å². The van der Waals surface area contributed by atoms with Crippen molar-refractivity contribution in [3.05, 3.63) is 35.4 Å². The summed E-state index contributed by atoms with van der Waals surface area (Å²) < 4.78 is 5.50. The first-order valence-electron chi connectivity index (χ1n) is 6.76. The lowest BCUT2D eigenvalue weighted by Crippen LogP contribution is -2.63.